The molecule has 4 heteroatoms. The Morgan fingerprint density at radius 3 is 2.48 bits per heavy atom. The summed E-state index contributed by atoms with van der Waals surface area (Å²) in [5.74, 6) is 0.738. The zero-order valence-corrected chi connectivity index (χ0v) is 13.4. The standard InChI is InChI=1S/C17H24N2OS/c1-2-13-8-10-17(11-9-13,16(18)21)19-15(20)12-14-6-4-3-5-7-14/h3-7,13H,2,8-12H2,1H3,(H2,18,21)(H,19,20). The number of carbonyl (C=O) groups excluding carboxylic acids is 1. The van der Waals surface area contributed by atoms with Crippen LogP contribution in [0.5, 0.6) is 0 Å². The molecule has 1 fully saturated rings. The number of carbonyl (C=O) groups is 1. The first-order valence-corrected chi connectivity index (χ1v) is 8.11. The van der Waals surface area contributed by atoms with E-state index in [0.29, 0.717) is 11.4 Å². The molecule has 0 spiro atoms. The van der Waals surface area contributed by atoms with Crippen molar-refractivity contribution >= 4 is 23.1 Å². The van der Waals surface area contributed by atoms with Crippen LogP contribution >= 0.6 is 12.2 Å². The molecule has 21 heavy (non-hydrogen) atoms. The normalized spacial score (nSPS) is 25.3. The van der Waals surface area contributed by atoms with E-state index in [1.54, 1.807) is 0 Å². The number of rotatable bonds is 5. The van der Waals surface area contributed by atoms with Crippen LogP contribution in [-0.4, -0.2) is 16.4 Å². The Labute approximate surface area is 132 Å². The zero-order chi connectivity index (χ0) is 15.3. The van der Waals surface area contributed by atoms with Crippen molar-refractivity contribution in [2.24, 2.45) is 11.7 Å². The van der Waals surface area contributed by atoms with E-state index >= 15 is 0 Å². The van der Waals surface area contributed by atoms with E-state index in [1.165, 1.54) is 6.42 Å². The number of hydrogen-bond donors (Lipinski definition) is 2. The van der Waals surface area contributed by atoms with E-state index in [4.69, 9.17) is 18.0 Å². The first kappa shape index (κ1) is 16.0. The molecule has 1 aromatic carbocycles. The van der Waals surface area contributed by atoms with Gasteiger partial charge >= 0.3 is 0 Å². The summed E-state index contributed by atoms with van der Waals surface area (Å²) in [7, 11) is 0. The van der Waals surface area contributed by atoms with E-state index < -0.39 is 5.54 Å². The molecule has 0 aliphatic heterocycles. The summed E-state index contributed by atoms with van der Waals surface area (Å²) in [6.45, 7) is 2.21. The second-order valence-corrected chi connectivity index (χ2v) is 6.45. The van der Waals surface area contributed by atoms with Crippen LogP contribution in [0.15, 0.2) is 30.3 Å². The second kappa shape index (κ2) is 7.03. The van der Waals surface area contributed by atoms with Crippen molar-refractivity contribution in [3.05, 3.63) is 35.9 Å². The van der Waals surface area contributed by atoms with Gasteiger partial charge in [0.25, 0.3) is 0 Å². The van der Waals surface area contributed by atoms with Gasteiger partial charge in [-0.3, -0.25) is 4.79 Å². The van der Waals surface area contributed by atoms with E-state index in [0.717, 1.165) is 37.2 Å². The van der Waals surface area contributed by atoms with Gasteiger partial charge in [0.2, 0.25) is 5.91 Å². The molecule has 1 saturated carbocycles. The number of nitrogens with one attached hydrogen (secondary N) is 1. The molecule has 0 atom stereocenters. The lowest BCUT2D eigenvalue weighted by Crippen LogP contribution is -2.58. The Morgan fingerprint density at radius 1 is 1.33 bits per heavy atom. The van der Waals surface area contributed by atoms with Gasteiger partial charge in [0.1, 0.15) is 0 Å². The number of benzene rings is 1. The molecule has 1 aliphatic carbocycles. The van der Waals surface area contributed by atoms with Crippen LogP contribution in [0.25, 0.3) is 0 Å². The third kappa shape index (κ3) is 4.03. The van der Waals surface area contributed by atoms with Gasteiger partial charge < -0.3 is 11.1 Å². The van der Waals surface area contributed by atoms with E-state index in [-0.39, 0.29) is 5.91 Å². The van der Waals surface area contributed by atoms with Crippen LogP contribution in [0, 0.1) is 5.92 Å². The Balaban J connectivity index is 2.00. The van der Waals surface area contributed by atoms with Gasteiger partial charge in [-0.2, -0.15) is 0 Å². The predicted molar refractivity (Wildman–Crippen MR) is 90.1 cm³/mol. The smallest absolute Gasteiger partial charge is 0.225 e. The number of nitrogens with two attached hydrogens (primary N) is 1. The summed E-state index contributed by atoms with van der Waals surface area (Å²) >= 11 is 5.25. The maximum absolute atomic E-state index is 12.3. The molecule has 0 unspecified atom stereocenters. The van der Waals surface area contributed by atoms with Gasteiger partial charge in [-0.15, -0.1) is 0 Å². The highest BCUT2D eigenvalue weighted by atomic mass is 32.1. The Morgan fingerprint density at radius 2 is 1.95 bits per heavy atom. The molecule has 0 aromatic heterocycles. The van der Waals surface area contributed by atoms with E-state index in [9.17, 15) is 4.79 Å². The molecule has 1 aliphatic rings. The summed E-state index contributed by atoms with van der Waals surface area (Å²) in [6.07, 6.45) is 5.45. The number of thiocarbonyl (C=S) groups is 1. The lowest BCUT2D eigenvalue weighted by molar-refractivity contribution is -0.122. The van der Waals surface area contributed by atoms with Gasteiger partial charge in [-0.25, -0.2) is 0 Å². The molecule has 3 nitrogen and oxygen atoms in total. The summed E-state index contributed by atoms with van der Waals surface area (Å²) in [5.41, 5.74) is 6.48. The van der Waals surface area contributed by atoms with E-state index in [1.807, 2.05) is 30.3 Å². The van der Waals surface area contributed by atoms with Gasteiger partial charge in [0.05, 0.1) is 16.9 Å². The van der Waals surface area contributed by atoms with Gasteiger partial charge in [0.15, 0.2) is 0 Å². The van der Waals surface area contributed by atoms with Crippen molar-refractivity contribution in [1.82, 2.24) is 5.32 Å². The Hall–Kier alpha value is -1.42. The SMILES string of the molecule is CCC1CCC(NC(=O)Cc2ccccc2)(C(N)=S)CC1. The summed E-state index contributed by atoms with van der Waals surface area (Å²) in [6, 6.07) is 9.75. The highest BCUT2D eigenvalue weighted by Crippen LogP contribution is 2.34. The third-order valence-corrected chi connectivity index (χ3v) is 4.98. The fourth-order valence-corrected chi connectivity index (χ4v) is 3.36. The fourth-order valence-electron chi connectivity index (χ4n) is 3.10. The quantitative estimate of drug-likeness (QED) is 0.822. The maximum Gasteiger partial charge on any atom is 0.225 e. The van der Waals surface area contributed by atoms with Gasteiger partial charge in [-0.05, 0) is 37.2 Å². The van der Waals surface area contributed by atoms with Gasteiger partial charge in [0, 0.05) is 0 Å². The molecule has 0 bridgehead atoms. The lowest BCUT2D eigenvalue weighted by atomic mass is 9.75. The van der Waals surface area contributed by atoms with Crippen LogP contribution in [0.3, 0.4) is 0 Å². The van der Waals surface area contributed by atoms with Crippen LogP contribution < -0.4 is 11.1 Å². The van der Waals surface area contributed by atoms with Crippen LogP contribution in [0.1, 0.15) is 44.6 Å². The lowest BCUT2D eigenvalue weighted by Gasteiger charge is -2.40. The largest absolute Gasteiger partial charge is 0.391 e. The molecule has 1 amide bonds. The van der Waals surface area contributed by atoms with Crippen molar-refractivity contribution in [2.45, 2.75) is 51.0 Å². The molecule has 3 N–H and O–H groups in total. The predicted octanol–water partition coefficient (Wildman–Crippen LogP) is 2.97. The molecular weight excluding hydrogens is 280 g/mol. The van der Waals surface area contributed by atoms with Crippen molar-refractivity contribution in [2.75, 3.05) is 0 Å². The first-order valence-electron chi connectivity index (χ1n) is 7.70. The molecule has 1 aromatic rings. The molecule has 0 heterocycles. The van der Waals surface area contributed by atoms with Crippen LogP contribution in [0.4, 0.5) is 0 Å². The molecular formula is C17H24N2OS. The van der Waals surface area contributed by atoms with Crippen molar-refractivity contribution in [1.29, 1.82) is 0 Å². The topological polar surface area (TPSA) is 55.1 Å². The minimum atomic E-state index is -0.479. The van der Waals surface area contributed by atoms with Crippen LogP contribution in [-0.2, 0) is 11.2 Å². The van der Waals surface area contributed by atoms with Gasteiger partial charge in [-0.1, -0.05) is 55.9 Å². The summed E-state index contributed by atoms with van der Waals surface area (Å²) in [4.78, 5) is 12.7. The highest BCUT2D eigenvalue weighted by molar-refractivity contribution is 7.80. The average Bonchev–Trinajstić information content (AvgIpc) is 2.48. The summed E-state index contributed by atoms with van der Waals surface area (Å²) < 4.78 is 0. The molecule has 2 rings (SSSR count). The minimum absolute atomic E-state index is 0.00366. The molecule has 114 valence electrons. The maximum atomic E-state index is 12.3. The molecule has 0 radical (unpaired) electrons. The second-order valence-electron chi connectivity index (χ2n) is 6.01. The van der Waals surface area contributed by atoms with Crippen molar-refractivity contribution in [3.63, 3.8) is 0 Å². The van der Waals surface area contributed by atoms with Crippen molar-refractivity contribution in [3.8, 4) is 0 Å². The first-order chi connectivity index (χ1) is 10.1. The Bertz CT molecular complexity index is 493. The minimum Gasteiger partial charge on any atom is -0.391 e. The monoisotopic (exact) mass is 304 g/mol. The third-order valence-electron chi connectivity index (χ3n) is 4.59. The van der Waals surface area contributed by atoms with E-state index in [2.05, 4.69) is 12.2 Å². The number of amides is 1. The highest BCUT2D eigenvalue weighted by Gasteiger charge is 2.38. The molecule has 0 saturated heterocycles. The summed E-state index contributed by atoms with van der Waals surface area (Å²) in [5, 5.41) is 3.12. The zero-order valence-electron chi connectivity index (χ0n) is 12.6. The van der Waals surface area contributed by atoms with Crippen LogP contribution in [0.2, 0.25) is 0 Å². The Kier molecular flexibility index (Phi) is 5.34. The fraction of sp³-hybridized carbons (Fsp3) is 0.529. The van der Waals surface area contributed by atoms with Crippen molar-refractivity contribution < 1.29 is 4.79 Å². The number of hydrogen-bond acceptors (Lipinski definition) is 2. The average molecular weight is 304 g/mol.